The second kappa shape index (κ2) is 10.7. The summed E-state index contributed by atoms with van der Waals surface area (Å²) in [5.41, 5.74) is 13.8. The summed E-state index contributed by atoms with van der Waals surface area (Å²) in [4.78, 5) is 53.7. The van der Waals surface area contributed by atoms with Crippen molar-refractivity contribution in [2.45, 2.75) is 25.4 Å². The number of hydrogen-bond acceptors (Lipinski definition) is 10. The van der Waals surface area contributed by atoms with Gasteiger partial charge >= 0.3 is 5.97 Å². The van der Waals surface area contributed by atoms with Gasteiger partial charge in [0.25, 0.3) is 5.91 Å². The molecule has 0 unspecified atom stereocenters. The van der Waals surface area contributed by atoms with Gasteiger partial charge in [0, 0.05) is 24.7 Å². The van der Waals surface area contributed by atoms with Gasteiger partial charge in [-0.3, -0.25) is 9.59 Å². The molecule has 3 aromatic rings. The fraction of sp³-hybridized carbons (Fsp3) is 0.286. The van der Waals surface area contributed by atoms with Crippen molar-refractivity contribution >= 4 is 57.9 Å². The number of nitrogens with two attached hydrogens (primary N) is 2. The molecule has 34 heavy (non-hydrogen) atoms. The normalized spacial score (nSPS) is 11.7. The number of ketones is 1. The number of amides is 1. The molecule has 1 amide bonds. The summed E-state index contributed by atoms with van der Waals surface area (Å²) < 4.78 is 0. The Morgan fingerprint density at radius 3 is 2.50 bits per heavy atom. The summed E-state index contributed by atoms with van der Waals surface area (Å²) in [5, 5.41) is 11.7. The van der Waals surface area contributed by atoms with E-state index in [0.717, 1.165) is 5.69 Å². The number of anilines is 3. The number of aromatic nitrogens is 4. The Morgan fingerprint density at radius 1 is 1.15 bits per heavy atom. The van der Waals surface area contributed by atoms with Crippen molar-refractivity contribution in [3.8, 4) is 0 Å². The third kappa shape index (κ3) is 6.04. The molecule has 0 fully saturated rings. The minimum absolute atomic E-state index is 0.0201. The van der Waals surface area contributed by atoms with Crippen LogP contribution in [-0.2, 0) is 16.1 Å². The van der Waals surface area contributed by atoms with Crippen molar-refractivity contribution in [3.05, 3.63) is 41.7 Å². The maximum atomic E-state index is 12.5. The zero-order valence-corrected chi connectivity index (χ0v) is 19.0. The van der Waals surface area contributed by atoms with E-state index in [1.807, 2.05) is 11.9 Å². The largest absolute Gasteiger partial charge is 0.480 e. The van der Waals surface area contributed by atoms with Gasteiger partial charge in [-0.05, 0) is 30.7 Å². The topological polar surface area (TPSA) is 190 Å². The Labute approximate surface area is 199 Å². The third-order valence-electron chi connectivity index (χ3n) is 4.93. The molecule has 2 heterocycles. The number of Topliss-reactive ketones (excluding diaryl/α,β-unsaturated/α-hetero) is 1. The highest BCUT2D eigenvalue weighted by Crippen LogP contribution is 2.19. The molecule has 0 radical (unpaired) electrons. The van der Waals surface area contributed by atoms with Crippen molar-refractivity contribution in [2.24, 2.45) is 0 Å². The molecule has 0 bridgehead atoms. The smallest absolute Gasteiger partial charge is 0.326 e. The van der Waals surface area contributed by atoms with Crippen LogP contribution in [0.15, 0.2) is 30.5 Å². The molecule has 0 aliphatic heterocycles. The van der Waals surface area contributed by atoms with E-state index in [-0.39, 0.29) is 41.8 Å². The molecular weight excluding hydrogens is 464 g/mol. The number of carboxylic acid groups (broad SMARTS) is 1. The van der Waals surface area contributed by atoms with Crippen LogP contribution in [0.1, 0.15) is 28.9 Å². The minimum atomic E-state index is -1.22. The van der Waals surface area contributed by atoms with Crippen LogP contribution in [0.25, 0.3) is 11.2 Å². The molecule has 1 atom stereocenters. The lowest BCUT2D eigenvalue weighted by atomic mass is 10.1. The van der Waals surface area contributed by atoms with E-state index < -0.39 is 17.9 Å². The van der Waals surface area contributed by atoms with Crippen molar-refractivity contribution in [2.75, 3.05) is 29.3 Å². The van der Waals surface area contributed by atoms with E-state index in [9.17, 15) is 19.5 Å². The van der Waals surface area contributed by atoms with Crippen LogP contribution in [0.5, 0.6) is 0 Å². The molecule has 6 N–H and O–H groups in total. The Bertz CT molecular complexity index is 1220. The molecule has 1 aromatic carbocycles. The maximum absolute atomic E-state index is 12.5. The quantitative estimate of drug-likeness (QED) is 0.299. The highest BCUT2D eigenvalue weighted by molar-refractivity contribution is 6.27. The number of hydrogen-bond donors (Lipinski definition) is 4. The van der Waals surface area contributed by atoms with Gasteiger partial charge in [0.05, 0.1) is 24.3 Å². The van der Waals surface area contributed by atoms with Crippen LogP contribution >= 0.6 is 11.6 Å². The standard InChI is InChI=1S/C21H23ClN8O4/c1-30(10-12-9-25-18-16(26-12)17(23)28-21(24)29-18)13-4-2-11(3-5-13)19(32)27-15(20(33)34)7-6-14(31)8-22/h2-5,9,15H,6-8,10H2,1H3,(H,27,32)(H,33,34)(H4,23,24,25,28,29)/t15-/m0/s1. The molecule has 12 nitrogen and oxygen atoms in total. The van der Waals surface area contributed by atoms with Gasteiger partial charge < -0.3 is 26.8 Å². The summed E-state index contributed by atoms with van der Waals surface area (Å²) in [5.74, 6) is -2.11. The number of alkyl halides is 1. The first-order valence-corrected chi connectivity index (χ1v) is 10.7. The molecule has 178 valence electrons. The fourth-order valence-corrected chi connectivity index (χ4v) is 3.27. The Kier molecular flexibility index (Phi) is 7.74. The fourth-order valence-electron chi connectivity index (χ4n) is 3.13. The lowest BCUT2D eigenvalue weighted by Gasteiger charge is -2.19. The van der Waals surface area contributed by atoms with Gasteiger partial charge in [0.15, 0.2) is 17.0 Å². The number of rotatable bonds is 10. The average molecular weight is 487 g/mol. The highest BCUT2D eigenvalue weighted by Gasteiger charge is 2.21. The number of nitrogen functional groups attached to an aromatic ring is 2. The van der Waals surface area contributed by atoms with E-state index in [2.05, 4.69) is 25.3 Å². The van der Waals surface area contributed by atoms with Gasteiger partial charge in [0.2, 0.25) is 5.95 Å². The predicted molar refractivity (Wildman–Crippen MR) is 126 cm³/mol. The minimum Gasteiger partial charge on any atom is -0.480 e. The van der Waals surface area contributed by atoms with E-state index in [0.29, 0.717) is 23.4 Å². The number of carbonyl (C=O) groups is 3. The molecule has 2 aromatic heterocycles. The van der Waals surface area contributed by atoms with Gasteiger partial charge in [-0.25, -0.2) is 14.8 Å². The maximum Gasteiger partial charge on any atom is 0.326 e. The van der Waals surface area contributed by atoms with Crippen molar-refractivity contribution in [1.82, 2.24) is 25.3 Å². The van der Waals surface area contributed by atoms with E-state index in [4.69, 9.17) is 23.1 Å². The second-order valence-electron chi connectivity index (χ2n) is 7.48. The monoisotopic (exact) mass is 486 g/mol. The summed E-state index contributed by atoms with van der Waals surface area (Å²) in [6.07, 6.45) is 1.49. The Hall–Kier alpha value is -4.06. The molecule has 3 rings (SSSR count). The molecule has 0 aliphatic rings. The summed E-state index contributed by atoms with van der Waals surface area (Å²) >= 11 is 5.43. The number of carbonyl (C=O) groups excluding carboxylic acids is 2. The zero-order valence-electron chi connectivity index (χ0n) is 18.2. The van der Waals surface area contributed by atoms with Crippen LogP contribution in [0.4, 0.5) is 17.5 Å². The highest BCUT2D eigenvalue weighted by atomic mass is 35.5. The number of aliphatic carboxylic acids is 1. The number of nitrogens with one attached hydrogen (secondary N) is 1. The van der Waals surface area contributed by atoms with Crippen LogP contribution in [-0.4, -0.2) is 61.7 Å². The van der Waals surface area contributed by atoms with Crippen LogP contribution in [0, 0.1) is 0 Å². The average Bonchev–Trinajstić information content (AvgIpc) is 2.81. The third-order valence-corrected chi connectivity index (χ3v) is 5.23. The molecule has 0 saturated carbocycles. The van der Waals surface area contributed by atoms with Crippen LogP contribution in [0.3, 0.4) is 0 Å². The van der Waals surface area contributed by atoms with E-state index in [1.165, 1.54) is 0 Å². The zero-order chi connectivity index (χ0) is 24.8. The second-order valence-corrected chi connectivity index (χ2v) is 7.75. The first-order chi connectivity index (χ1) is 16.2. The van der Waals surface area contributed by atoms with Crippen molar-refractivity contribution in [3.63, 3.8) is 0 Å². The van der Waals surface area contributed by atoms with E-state index in [1.54, 1.807) is 30.5 Å². The lowest BCUT2D eigenvalue weighted by molar-refractivity contribution is -0.139. The van der Waals surface area contributed by atoms with Gasteiger partial charge in [0.1, 0.15) is 11.8 Å². The van der Waals surface area contributed by atoms with Crippen LogP contribution < -0.4 is 21.7 Å². The first-order valence-electron chi connectivity index (χ1n) is 10.1. The number of carboxylic acids is 1. The molecule has 0 aliphatic carbocycles. The number of benzene rings is 1. The predicted octanol–water partition coefficient (Wildman–Crippen LogP) is 0.992. The SMILES string of the molecule is CN(Cc1cnc2nc(N)nc(N)c2n1)c1ccc(C(=O)N[C@@H](CCC(=O)CCl)C(=O)O)cc1. The van der Waals surface area contributed by atoms with Gasteiger partial charge in [-0.15, -0.1) is 11.6 Å². The summed E-state index contributed by atoms with van der Waals surface area (Å²) in [6, 6.07) is 5.39. The molecule has 0 spiro atoms. The Balaban J connectivity index is 1.66. The number of halogens is 1. The van der Waals surface area contributed by atoms with Crippen molar-refractivity contribution in [1.29, 1.82) is 0 Å². The lowest BCUT2D eigenvalue weighted by Crippen LogP contribution is -2.41. The number of nitrogens with zero attached hydrogens (tertiary/aromatic N) is 5. The summed E-state index contributed by atoms with van der Waals surface area (Å²) in [6.45, 7) is 0.383. The van der Waals surface area contributed by atoms with Crippen molar-refractivity contribution < 1.29 is 19.5 Å². The molecule has 13 heteroatoms. The molecule has 0 saturated heterocycles. The van der Waals surface area contributed by atoms with Gasteiger partial charge in [-0.1, -0.05) is 0 Å². The number of fused-ring (bicyclic) bond motifs is 1. The molecular formula is C21H23ClN8O4. The Morgan fingerprint density at radius 2 is 1.85 bits per heavy atom. The first kappa shape index (κ1) is 24.6. The van der Waals surface area contributed by atoms with E-state index >= 15 is 0 Å². The van der Waals surface area contributed by atoms with Crippen LogP contribution in [0.2, 0.25) is 0 Å². The summed E-state index contributed by atoms with van der Waals surface area (Å²) in [7, 11) is 1.83. The van der Waals surface area contributed by atoms with Gasteiger partial charge in [-0.2, -0.15) is 9.97 Å².